The number of aromatic amines is 1. The van der Waals surface area contributed by atoms with Crippen molar-refractivity contribution in [1.82, 2.24) is 20.3 Å². The summed E-state index contributed by atoms with van der Waals surface area (Å²) >= 11 is 3.58. The topological polar surface area (TPSA) is 93.6 Å². The lowest BCUT2D eigenvalue weighted by Gasteiger charge is -2.17. The second-order valence-electron chi connectivity index (χ2n) is 5.86. The zero-order valence-corrected chi connectivity index (χ0v) is 12.6. The van der Waals surface area contributed by atoms with E-state index in [1.807, 2.05) is 0 Å². The van der Waals surface area contributed by atoms with E-state index < -0.39 is 5.54 Å². The van der Waals surface area contributed by atoms with Crippen LogP contribution in [0.4, 0.5) is 0 Å². The minimum Gasteiger partial charge on any atom is -0.332 e. The average Bonchev–Trinajstić information content (AvgIpc) is 2.87. The van der Waals surface area contributed by atoms with Gasteiger partial charge in [-0.2, -0.15) is 10.1 Å². The number of nitrogens with one attached hydrogen (secondary N) is 1. The number of halogens is 1. The molecule has 4 rings (SSSR count). The summed E-state index contributed by atoms with van der Waals surface area (Å²) in [6, 6.07) is 0. The van der Waals surface area contributed by atoms with Gasteiger partial charge in [-0.3, -0.25) is 5.10 Å². The number of H-pyrrole nitrogens is 1. The van der Waals surface area contributed by atoms with Crippen molar-refractivity contribution in [1.29, 1.82) is 0 Å². The van der Waals surface area contributed by atoms with Crippen LogP contribution in [0.2, 0.25) is 0 Å². The summed E-state index contributed by atoms with van der Waals surface area (Å²) in [6.45, 7) is 0. The summed E-state index contributed by atoms with van der Waals surface area (Å²) < 4.78 is 6.31. The molecule has 0 aliphatic heterocycles. The third-order valence-electron chi connectivity index (χ3n) is 4.29. The Labute approximate surface area is 124 Å². The number of nitrogens with zero attached hydrogens (tertiary/aromatic N) is 3. The average molecular weight is 338 g/mol. The number of rotatable bonds is 3. The highest BCUT2D eigenvalue weighted by Crippen LogP contribution is 2.44. The molecule has 3 N–H and O–H groups in total. The van der Waals surface area contributed by atoms with E-state index in [1.165, 1.54) is 12.8 Å². The van der Waals surface area contributed by atoms with Gasteiger partial charge in [-0.05, 0) is 41.6 Å². The van der Waals surface area contributed by atoms with Gasteiger partial charge >= 0.3 is 0 Å². The quantitative estimate of drug-likeness (QED) is 0.897. The molecule has 0 aromatic carbocycles. The molecule has 0 bridgehead atoms. The highest BCUT2D eigenvalue weighted by Gasteiger charge is 2.37. The summed E-state index contributed by atoms with van der Waals surface area (Å²) in [5, 5.41) is 11.4. The van der Waals surface area contributed by atoms with Gasteiger partial charge in [0.1, 0.15) is 0 Å². The van der Waals surface area contributed by atoms with Crippen LogP contribution in [0.25, 0.3) is 11.6 Å². The van der Waals surface area contributed by atoms with Crippen molar-refractivity contribution in [3.63, 3.8) is 0 Å². The van der Waals surface area contributed by atoms with E-state index >= 15 is 0 Å². The molecule has 2 saturated carbocycles. The smallest absolute Gasteiger partial charge is 0.279 e. The van der Waals surface area contributed by atoms with E-state index in [1.54, 1.807) is 0 Å². The maximum absolute atomic E-state index is 6.35. The van der Waals surface area contributed by atoms with Gasteiger partial charge in [-0.25, -0.2) is 0 Å². The zero-order chi connectivity index (χ0) is 13.7. The highest BCUT2D eigenvalue weighted by molar-refractivity contribution is 9.10. The molecular weight excluding hydrogens is 322 g/mol. The van der Waals surface area contributed by atoms with Crippen LogP contribution in [0, 0.1) is 0 Å². The number of hydrogen-bond donors (Lipinski definition) is 2. The van der Waals surface area contributed by atoms with Crippen LogP contribution in [0.3, 0.4) is 0 Å². The molecule has 0 amide bonds. The molecule has 2 aliphatic carbocycles. The van der Waals surface area contributed by atoms with Crippen molar-refractivity contribution in [2.45, 2.75) is 50.0 Å². The zero-order valence-electron chi connectivity index (χ0n) is 11.0. The van der Waals surface area contributed by atoms with E-state index in [0.717, 1.165) is 35.8 Å². The van der Waals surface area contributed by atoms with Gasteiger partial charge in [0.25, 0.3) is 5.89 Å². The molecule has 2 aromatic rings. The summed E-state index contributed by atoms with van der Waals surface area (Å²) in [7, 11) is 0. The summed E-state index contributed by atoms with van der Waals surface area (Å²) in [5.41, 5.74) is 7.74. The first-order valence-corrected chi connectivity index (χ1v) is 7.84. The van der Waals surface area contributed by atoms with Gasteiger partial charge in [0.15, 0.2) is 11.5 Å². The second kappa shape index (κ2) is 4.39. The molecule has 0 saturated heterocycles. The van der Waals surface area contributed by atoms with Crippen molar-refractivity contribution < 1.29 is 4.52 Å². The predicted molar refractivity (Wildman–Crippen MR) is 75.9 cm³/mol. The fourth-order valence-corrected chi connectivity index (χ4v) is 3.55. The van der Waals surface area contributed by atoms with Crippen LogP contribution in [0.1, 0.15) is 56.0 Å². The van der Waals surface area contributed by atoms with Crippen molar-refractivity contribution in [2.75, 3.05) is 0 Å². The lowest BCUT2D eigenvalue weighted by atomic mass is 9.99. The molecule has 2 fully saturated rings. The Bertz CT molecular complexity index is 639. The molecule has 2 heterocycles. The van der Waals surface area contributed by atoms with E-state index in [-0.39, 0.29) is 0 Å². The van der Waals surface area contributed by atoms with Crippen LogP contribution in [-0.4, -0.2) is 20.3 Å². The third kappa shape index (κ3) is 1.91. The fraction of sp³-hybridized carbons (Fsp3) is 0.615. The molecule has 0 atom stereocenters. The minimum absolute atomic E-state index is 0.427. The maximum Gasteiger partial charge on any atom is 0.279 e. The van der Waals surface area contributed by atoms with Gasteiger partial charge < -0.3 is 10.3 Å². The molecule has 106 valence electrons. The fourth-order valence-electron chi connectivity index (χ4n) is 2.88. The molecule has 0 radical (unpaired) electrons. The maximum atomic E-state index is 6.35. The monoisotopic (exact) mass is 337 g/mol. The summed E-state index contributed by atoms with van der Waals surface area (Å²) in [6.07, 6.45) is 6.50. The van der Waals surface area contributed by atoms with Gasteiger partial charge in [-0.1, -0.05) is 18.0 Å². The van der Waals surface area contributed by atoms with Crippen LogP contribution >= 0.6 is 15.9 Å². The Morgan fingerprint density at radius 3 is 2.75 bits per heavy atom. The largest absolute Gasteiger partial charge is 0.332 e. The van der Waals surface area contributed by atoms with Crippen LogP contribution in [-0.2, 0) is 5.54 Å². The van der Waals surface area contributed by atoms with Gasteiger partial charge in [0.2, 0.25) is 0 Å². The minimum atomic E-state index is -0.427. The molecule has 2 aromatic heterocycles. The molecule has 2 aliphatic rings. The molecule has 6 nitrogen and oxygen atoms in total. The first kappa shape index (κ1) is 12.5. The van der Waals surface area contributed by atoms with Crippen molar-refractivity contribution >= 4 is 15.9 Å². The summed E-state index contributed by atoms with van der Waals surface area (Å²) in [5.74, 6) is 1.63. The molecule has 0 spiro atoms. The number of aromatic nitrogens is 4. The van der Waals surface area contributed by atoms with E-state index in [0.29, 0.717) is 23.3 Å². The van der Waals surface area contributed by atoms with E-state index in [9.17, 15) is 0 Å². The van der Waals surface area contributed by atoms with Crippen molar-refractivity contribution in [2.24, 2.45) is 5.73 Å². The molecular formula is C13H16BrN5O. The predicted octanol–water partition coefficient (Wildman–Crippen LogP) is 2.83. The Morgan fingerprint density at radius 2 is 2.05 bits per heavy atom. The van der Waals surface area contributed by atoms with Crippen LogP contribution < -0.4 is 5.73 Å². The Hall–Kier alpha value is -1.21. The first-order chi connectivity index (χ1) is 9.67. The Kier molecular flexibility index (Phi) is 2.75. The Morgan fingerprint density at radius 1 is 1.30 bits per heavy atom. The number of nitrogens with two attached hydrogens (primary N) is 1. The molecule has 20 heavy (non-hydrogen) atoms. The number of hydrogen-bond acceptors (Lipinski definition) is 5. The van der Waals surface area contributed by atoms with Gasteiger partial charge in [-0.15, -0.1) is 0 Å². The first-order valence-electron chi connectivity index (χ1n) is 7.04. The standard InChI is InChI=1S/C13H16BrN5O/c14-8-9(7-3-4-7)17-18-10(8)11-16-12(19-20-11)13(15)5-1-2-6-13/h7H,1-6,15H2,(H,17,18). The lowest BCUT2D eigenvalue weighted by Crippen LogP contribution is -2.34. The molecule has 0 unspecified atom stereocenters. The van der Waals surface area contributed by atoms with E-state index in [4.69, 9.17) is 10.3 Å². The molecule has 7 heteroatoms. The van der Waals surface area contributed by atoms with Crippen molar-refractivity contribution in [3.05, 3.63) is 16.0 Å². The van der Waals surface area contributed by atoms with Gasteiger partial charge in [0.05, 0.1) is 15.7 Å². The summed E-state index contributed by atoms with van der Waals surface area (Å²) in [4.78, 5) is 4.47. The third-order valence-corrected chi connectivity index (χ3v) is 5.09. The van der Waals surface area contributed by atoms with Crippen molar-refractivity contribution in [3.8, 4) is 11.6 Å². The lowest BCUT2D eigenvalue weighted by molar-refractivity contribution is 0.372. The highest BCUT2D eigenvalue weighted by atomic mass is 79.9. The SMILES string of the molecule is NC1(c2noc(-c3n[nH]c(C4CC4)c3Br)n2)CCCC1. The normalized spacial score (nSPS) is 21.5. The van der Waals surface area contributed by atoms with Crippen LogP contribution in [0.5, 0.6) is 0 Å². The van der Waals surface area contributed by atoms with Gasteiger partial charge in [0, 0.05) is 5.92 Å². The van der Waals surface area contributed by atoms with E-state index in [2.05, 4.69) is 36.3 Å². The van der Waals surface area contributed by atoms with Crippen LogP contribution in [0.15, 0.2) is 9.00 Å². The Balaban J connectivity index is 1.67. The second-order valence-corrected chi connectivity index (χ2v) is 6.65.